The summed E-state index contributed by atoms with van der Waals surface area (Å²) >= 11 is 0. The Kier molecular flexibility index (Phi) is 17.9. The molecule has 1 atom stereocenters. The van der Waals surface area contributed by atoms with Crippen LogP contribution >= 0.6 is 0 Å². The fraction of sp³-hybridized carbons (Fsp3) is 0.0149. The van der Waals surface area contributed by atoms with Crippen LogP contribution in [0.25, 0.3) is 186 Å². The lowest BCUT2D eigenvalue weighted by Crippen LogP contribution is -2.28. The van der Waals surface area contributed by atoms with Gasteiger partial charge in [-0.05, 0) is 268 Å². The Balaban J connectivity index is 0.564. The summed E-state index contributed by atoms with van der Waals surface area (Å²) < 4.78 is 14.2. The Morgan fingerprint density at radius 3 is 1.08 bits per heavy atom. The number of anilines is 6. The predicted molar refractivity (Wildman–Crippen MR) is 577 cm³/mol. The highest BCUT2D eigenvalue weighted by Gasteiger charge is 2.50. The van der Waals surface area contributed by atoms with Gasteiger partial charge in [0, 0.05) is 66.2 Å². The Morgan fingerprint density at radius 2 is 0.522 bits per heavy atom. The summed E-state index contributed by atoms with van der Waals surface area (Å²) in [6.07, 6.45) is 0. The first-order valence-corrected chi connectivity index (χ1v) is 47.7. The number of nitrogens with zero attached hydrogens (tertiary/aromatic N) is 2. The largest absolute Gasteiger partial charge is 0.455 e. The molecule has 0 spiro atoms. The molecule has 1 unspecified atom stereocenters. The van der Waals surface area contributed by atoms with E-state index in [4.69, 9.17) is 8.83 Å². The molecule has 2 heterocycles. The van der Waals surface area contributed by atoms with E-state index in [1.165, 1.54) is 121 Å². The Labute approximate surface area is 798 Å². The minimum Gasteiger partial charge on any atom is -0.455 e. The maximum Gasteiger partial charge on any atom is 0.143 e. The molecule has 4 nitrogen and oxygen atoms in total. The summed E-state index contributed by atoms with van der Waals surface area (Å²) in [5.41, 5.74) is 34.2. The van der Waals surface area contributed by atoms with Crippen LogP contribution in [0.4, 0.5) is 34.1 Å². The Hall–Kier alpha value is -18.0. The van der Waals surface area contributed by atoms with Crippen molar-refractivity contribution in [3.63, 3.8) is 0 Å². The molecule has 0 bridgehead atoms. The SMILES string of the molecule is c1ccc(C2(c3ccc(-c4ccc5ccc6c(oc7cccc(-c8cccc(N(c9ccc(-c%10ccc%11c(ccc%12ccccc%12%11)c%10)cc9)c9cccc%10c9-c9ccccc9C%10(c9ccccc9)c9ccccc9)c8)c76)c5c4)cc3)c3ccccc3-c3c(N(c4ccc(-c5cc6ccccc6c6ccccc56)cc4)c4cccc(-c5cccc6oc7c8ccccc8ccc7c56)c4)cccc32)cc1. The molecule has 26 aromatic rings. The molecular weight excluding hydrogens is 1670 g/mol. The van der Waals surface area contributed by atoms with Crippen molar-refractivity contribution in [3.8, 4) is 77.9 Å². The standard InChI is InChI=1S/C134H84N2O2/c1-4-33-97(34-5-1)133(98-35-6-2-7-36-98)119-50-20-18-46-113(119)129-121(133)52-26-54-123(129)135(101-73-64-86(65-74-101)91-70-77-107-96(80-91)61-59-87-28-10-13-41-105(87)107)103-39-23-32-94(82-103)109-49-25-57-126-128(109)116-79-69-90-58-60-92(83-118(90)132(116)138-126)85-62-71-100(72-63-85)134(99-37-8-3-9-38-99)120-51-21-19-47-114(120)130-122(134)53-27-55-124(130)136(102-75-66-89(67-76-102)117-84-95-30-12-14-42-106(95)111-44-16-17-45-112(111)117)104-40-22-31-93(81-104)108-48-24-56-125-127(108)115-78-68-88-29-11-15-43-110(88)131(115)137-125/h1-84H. The topological polar surface area (TPSA) is 32.8 Å². The van der Waals surface area contributed by atoms with E-state index in [9.17, 15) is 0 Å². The molecule has 0 aliphatic heterocycles. The molecule has 2 aromatic heterocycles. The maximum atomic E-state index is 7.30. The third-order valence-corrected chi connectivity index (χ3v) is 30.0. The second-order valence-electron chi connectivity index (χ2n) is 37.0. The zero-order chi connectivity index (χ0) is 90.7. The van der Waals surface area contributed by atoms with Crippen molar-refractivity contribution in [3.05, 3.63) is 554 Å². The molecule has 642 valence electrons. The molecule has 2 aliphatic carbocycles. The number of furan rings is 2. The molecule has 0 amide bonds. The maximum absolute atomic E-state index is 7.30. The Bertz CT molecular complexity index is 9420. The molecule has 0 saturated heterocycles. The van der Waals surface area contributed by atoms with E-state index in [-0.39, 0.29) is 0 Å². The van der Waals surface area contributed by atoms with Crippen LogP contribution in [-0.4, -0.2) is 0 Å². The first kappa shape index (κ1) is 78.7. The molecule has 0 N–H and O–H groups in total. The van der Waals surface area contributed by atoms with Gasteiger partial charge in [-0.1, -0.05) is 406 Å². The number of hydrogen-bond acceptors (Lipinski definition) is 4. The van der Waals surface area contributed by atoms with Gasteiger partial charge in [-0.25, -0.2) is 0 Å². The summed E-state index contributed by atoms with van der Waals surface area (Å²) in [4.78, 5) is 5.00. The summed E-state index contributed by atoms with van der Waals surface area (Å²) in [7, 11) is 0. The molecular formula is C134H84N2O2. The zero-order valence-electron chi connectivity index (χ0n) is 75.2. The molecule has 28 rings (SSSR count). The fourth-order valence-corrected chi connectivity index (χ4v) is 23.9. The van der Waals surface area contributed by atoms with Crippen LogP contribution in [0.1, 0.15) is 44.5 Å². The van der Waals surface area contributed by atoms with Gasteiger partial charge in [0.25, 0.3) is 0 Å². The molecule has 2 aliphatic rings. The molecule has 138 heavy (non-hydrogen) atoms. The van der Waals surface area contributed by atoms with Crippen molar-refractivity contribution in [1.29, 1.82) is 0 Å². The minimum atomic E-state index is -0.745. The minimum absolute atomic E-state index is 0.603. The highest BCUT2D eigenvalue weighted by Crippen LogP contribution is 2.63. The lowest BCUT2D eigenvalue weighted by Gasteiger charge is -2.34. The van der Waals surface area contributed by atoms with Crippen molar-refractivity contribution in [2.45, 2.75) is 10.8 Å². The van der Waals surface area contributed by atoms with Crippen LogP contribution in [0, 0.1) is 0 Å². The molecule has 0 saturated carbocycles. The van der Waals surface area contributed by atoms with Crippen molar-refractivity contribution >= 4 is 143 Å². The van der Waals surface area contributed by atoms with Crippen molar-refractivity contribution in [2.75, 3.05) is 9.80 Å². The van der Waals surface area contributed by atoms with Crippen molar-refractivity contribution < 1.29 is 8.83 Å². The molecule has 24 aromatic carbocycles. The van der Waals surface area contributed by atoms with Crippen LogP contribution in [-0.2, 0) is 10.8 Å². The van der Waals surface area contributed by atoms with Crippen LogP contribution in [0.2, 0.25) is 0 Å². The predicted octanol–water partition coefficient (Wildman–Crippen LogP) is 36.4. The average Bonchev–Trinajstić information content (AvgIpc) is 1.53. The van der Waals surface area contributed by atoms with Gasteiger partial charge in [-0.3, -0.25) is 0 Å². The van der Waals surface area contributed by atoms with Gasteiger partial charge in [0.2, 0.25) is 0 Å². The van der Waals surface area contributed by atoms with Crippen LogP contribution in [0.5, 0.6) is 0 Å². The van der Waals surface area contributed by atoms with Crippen LogP contribution in [0.3, 0.4) is 0 Å². The van der Waals surface area contributed by atoms with Crippen molar-refractivity contribution in [2.24, 2.45) is 0 Å². The summed E-state index contributed by atoms with van der Waals surface area (Å²) in [6.45, 7) is 0. The molecule has 0 fully saturated rings. The molecule has 0 radical (unpaired) electrons. The zero-order valence-corrected chi connectivity index (χ0v) is 75.2. The van der Waals surface area contributed by atoms with Crippen LogP contribution in [0.15, 0.2) is 518 Å². The number of rotatable bonds is 15. The second-order valence-corrected chi connectivity index (χ2v) is 37.0. The highest BCUT2D eigenvalue weighted by atomic mass is 16.3. The fourth-order valence-electron chi connectivity index (χ4n) is 23.9. The Morgan fingerprint density at radius 1 is 0.167 bits per heavy atom. The van der Waals surface area contributed by atoms with Gasteiger partial charge in [0.1, 0.15) is 22.3 Å². The smallest absolute Gasteiger partial charge is 0.143 e. The van der Waals surface area contributed by atoms with Gasteiger partial charge < -0.3 is 18.6 Å². The second kappa shape index (κ2) is 31.3. The highest BCUT2D eigenvalue weighted by molar-refractivity contribution is 6.22. The van der Waals surface area contributed by atoms with Crippen LogP contribution < -0.4 is 9.80 Å². The van der Waals surface area contributed by atoms with Gasteiger partial charge in [0.15, 0.2) is 0 Å². The van der Waals surface area contributed by atoms with Gasteiger partial charge in [-0.2, -0.15) is 0 Å². The number of hydrogen-bond donors (Lipinski definition) is 0. The van der Waals surface area contributed by atoms with Gasteiger partial charge >= 0.3 is 0 Å². The van der Waals surface area contributed by atoms with Gasteiger partial charge in [-0.15, -0.1) is 0 Å². The lowest BCUT2D eigenvalue weighted by atomic mass is 9.67. The van der Waals surface area contributed by atoms with E-state index in [1.807, 2.05) is 0 Å². The third kappa shape index (κ3) is 12.0. The third-order valence-electron chi connectivity index (χ3n) is 30.0. The van der Waals surface area contributed by atoms with E-state index >= 15 is 0 Å². The lowest BCUT2D eigenvalue weighted by molar-refractivity contribution is 0.672. The molecule has 4 heteroatoms. The van der Waals surface area contributed by atoms with E-state index in [0.717, 1.165) is 144 Å². The quantitative estimate of drug-likeness (QED) is 0.0958. The number of benzene rings is 24. The van der Waals surface area contributed by atoms with Crippen molar-refractivity contribution in [1.82, 2.24) is 0 Å². The first-order chi connectivity index (χ1) is 68.4. The van der Waals surface area contributed by atoms with E-state index in [2.05, 4.69) is 519 Å². The summed E-state index contributed by atoms with van der Waals surface area (Å²) in [5.74, 6) is 0. The monoisotopic (exact) mass is 1750 g/mol. The normalized spacial score (nSPS) is 13.6. The van der Waals surface area contributed by atoms with E-state index < -0.39 is 10.8 Å². The average molecular weight is 1750 g/mol. The first-order valence-electron chi connectivity index (χ1n) is 47.7. The number of fused-ring (bicyclic) bond motifs is 22. The summed E-state index contributed by atoms with van der Waals surface area (Å²) in [5, 5.41) is 18.7. The van der Waals surface area contributed by atoms with E-state index in [0.29, 0.717) is 0 Å². The van der Waals surface area contributed by atoms with Gasteiger partial charge in [0.05, 0.1) is 22.2 Å². The van der Waals surface area contributed by atoms with E-state index in [1.54, 1.807) is 0 Å². The summed E-state index contributed by atoms with van der Waals surface area (Å²) in [6, 6.07) is 189.